The molecule has 6 aliphatic rings. The van der Waals surface area contributed by atoms with Crippen molar-refractivity contribution in [3.63, 3.8) is 0 Å². The number of likely N-dealkylation sites (N-methyl/N-ethyl adjacent to an activating group) is 1. The van der Waals surface area contributed by atoms with E-state index in [0.717, 1.165) is 65.8 Å². The third-order valence-corrected chi connectivity index (χ3v) is 15.2. The molecule has 2 fully saturated rings. The van der Waals surface area contributed by atoms with E-state index >= 15 is 4.79 Å². The Morgan fingerprint density at radius 2 is 1.79 bits per heavy atom. The molecule has 4 heterocycles. The van der Waals surface area contributed by atoms with Gasteiger partial charge in [0, 0.05) is 78.3 Å². The van der Waals surface area contributed by atoms with Crippen LogP contribution in [-0.2, 0) is 46.0 Å². The number of para-hydroxylation sites is 1. The number of rotatable bonds is 7. The lowest BCUT2D eigenvalue weighted by Gasteiger charge is -2.63. The second kappa shape index (κ2) is 13.2. The molecular weight excluding hydrogens is 723 g/mol. The number of hydrogen-bond acceptors (Lipinski definition) is 10. The van der Waals surface area contributed by atoms with Crippen molar-refractivity contribution in [3.05, 3.63) is 82.6 Å². The Morgan fingerprint density at radius 1 is 1.02 bits per heavy atom. The van der Waals surface area contributed by atoms with E-state index in [9.17, 15) is 14.7 Å². The molecule has 5 unspecified atom stereocenters. The molecule has 2 bridgehead atoms. The fourth-order valence-electron chi connectivity index (χ4n) is 13.4. The Bertz CT molecular complexity index is 2240. The number of aromatic amines is 1. The average molecular weight is 778 g/mol. The van der Waals surface area contributed by atoms with Crippen LogP contribution in [0, 0.1) is 23.2 Å². The van der Waals surface area contributed by atoms with E-state index in [-0.39, 0.29) is 23.7 Å². The number of nitrogens with one attached hydrogen (secondary N) is 1. The molecule has 0 radical (unpaired) electrons. The van der Waals surface area contributed by atoms with Crippen molar-refractivity contribution in [2.75, 3.05) is 46.4 Å². The van der Waals surface area contributed by atoms with Crippen molar-refractivity contribution in [3.8, 4) is 5.75 Å². The van der Waals surface area contributed by atoms with Crippen LogP contribution in [0.2, 0.25) is 0 Å². The highest BCUT2D eigenvalue weighted by Crippen LogP contribution is 2.73. The summed E-state index contributed by atoms with van der Waals surface area (Å²) < 4.78 is 23.9. The topological polar surface area (TPSA) is 131 Å². The smallest absolute Gasteiger partial charge is 0.344 e. The molecule has 3 aliphatic carbocycles. The number of carbonyl (C=O) groups excluding carboxylic acids is 3. The quantitative estimate of drug-likeness (QED) is 0.165. The van der Waals surface area contributed by atoms with Gasteiger partial charge in [0.15, 0.2) is 6.10 Å². The van der Waals surface area contributed by atoms with Crippen LogP contribution in [0.25, 0.3) is 10.9 Å². The second-order valence-electron chi connectivity index (χ2n) is 17.5. The summed E-state index contributed by atoms with van der Waals surface area (Å²) in [7, 11) is 6.27. The van der Waals surface area contributed by atoms with Crippen molar-refractivity contribution >= 4 is 34.5 Å². The van der Waals surface area contributed by atoms with Gasteiger partial charge in [-0.05, 0) is 79.5 Å². The minimum absolute atomic E-state index is 0.0366. The average Bonchev–Trinajstić information content (AvgIpc) is 3.87. The monoisotopic (exact) mass is 777 g/mol. The molecule has 57 heavy (non-hydrogen) atoms. The number of ether oxygens (including phenoxy) is 4. The molecule has 2 N–H and O–H groups in total. The maximum Gasteiger partial charge on any atom is 0.344 e. The molecule has 1 spiro atoms. The summed E-state index contributed by atoms with van der Waals surface area (Å²) in [6, 6.07) is 11.5. The molecule has 10 atom stereocenters. The predicted molar refractivity (Wildman–Crippen MR) is 215 cm³/mol. The van der Waals surface area contributed by atoms with Crippen LogP contribution in [0.4, 0.5) is 5.69 Å². The van der Waals surface area contributed by atoms with Gasteiger partial charge in [-0.25, -0.2) is 4.79 Å². The van der Waals surface area contributed by atoms with Crippen LogP contribution in [0.15, 0.2) is 60.2 Å². The molecule has 1 aromatic heterocycles. The Balaban J connectivity index is 1.37. The number of hydrogen-bond donors (Lipinski definition) is 2. The van der Waals surface area contributed by atoms with Gasteiger partial charge in [-0.1, -0.05) is 55.8 Å². The van der Waals surface area contributed by atoms with Crippen LogP contribution in [-0.4, -0.2) is 92.1 Å². The highest BCUT2D eigenvalue weighted by atomic mass is 16.6. The van der Waals surface area contributed by atoms with Gasteiger partial charge in [0.2, 0.25) is 5.60 Å². The van der Waals surface area contributed by atoms with Gasteiger partial charge in [-0.3, -0.25) is 14.5 Å². The van der Waals surface area contributed by atoms with E-state index in [1.807, 2.05) is 30.1 Å². The van der Waals surface area contributed by atoms with E-state index in [1.54, 1.807) is 7.11 Å². The van der Waals surface area contributed by atoms with E-state index in [0.29, 0.717) is 37.1 Å². The predicted octanol–water partition coefficient (Wildman–Crippen LogP) is 6.10. The number of esters is 3. The number of carbonyl (C=O) groups is 3. The second-order valence-corrected chi connectivity index (χ2v) is 17.5. The fraction of sp³-hybridized carbons (Fsp3) is 0.543. The number of methoxy groups -OCH3 is 3. The molecule has 302 valence electrons. The molecule has 2 aromatic carbocycles. The maximum absolute atomic E-state index is 15.2. The molecular formula is C46H55N3O8. The highest BCUT2D eigenvalue weighted by Gasteiger charge is 2.80. The van der Waals surface area contributed by atoms with E-state index in [2.05, 4.69) is 60.2 Å². The summed E-state index contributed by atoms with van der Waals surface area (Å²) in [5, 5.41) is 14.4. The zero-order valence-electron chi connectivity index (χ0n) is 34.1. The first-order chi connectivity index (χ1) is 27.4. The van der Waals surface area contributed by atoms with E-state index in [4.69, 9.17) is 18.9 Å². The van der Waals surface area contributed by atoms with Crippen LogP contribution in [0.3, 0.4) is 0 Å². The summed E-state index contributed by atoms with van der Waals surface area (Å²) >= 11 is 0. The summed E-state index contributed by atoms with van der Waals surface area (Å²) in [6.07, 6.45) is 9.65. The normalized spacial score (nSPS) is 35.9. The molecule has 11 nitrogen and oxygen atoms in total. The first-order valence-corrected chi connectivity index (χ1v) is 20.6. The maximum atomic E-state index is 15.2. The lowest BCUT2D eigenvalue weighted by atomic mass is 9.44. The number of nitrogens with zero attached hydrogens (tertiary/aromatic N) is 2. The Labute approximate surface area is 334 Å². The number of anilines is 1. The number of aliphatic hydroxyl groups is 1. The Morgan fingerprint density at radius 3 is 2.49 bits per heavy atom. The van der Waals surface area contributed by atoms with Crippen molar-refractivity contribution in [2.45, 2.75) is 94.4 Å². The molecule has 11 heteroatoms. The summed E-state index contributed by atoms with van der Waals surface area (Å²) in [4.78, 5) is 50.8. The van der Waals surface area contributed by atoms with Crippen molar-refractivity contribution < 1.29 is 38.4 Å². The molecule has 9 rings (SSSR count). The first kappa shape index (κ1) is 37.9. The van der Waals surface area contributed by atoms with E-state index < -0.39 is 45.9 Å². The molecule has 2 saturated carbocycles. The van der Waals surface area contributed by atoms with Gasteiger partial charge in [0.1, 0.15) is 11.2 Å². The Kier molecular flexibility index (Phi) is 8.79. The zero-order valence-corrected chi connectivity index (χ0v) is 34.1. The van der Waals surface area contributed by atoms with Crippen LogP contribution in [0.1, 0.15) is 81.7 Å². The largest absolute Gasteiger partial charge is 0.496 e. The number of allylic oxidation sites excluding steroid dienone is 1. The van der Waals surface area contributed by atoms with Crippen molar-refractivity contribution in [2.24, 2.45) is 23.2 Å². The molecule has 3 aliphatic heterocycles. The SMILES string of the molecule is CCC1=CC2CN(C1)Cc1c([nH]c3ccccc13)[C@@](C(=O)OC)(c1cc3c(cc1OC)N(C)C1[C@]34CCC3CC=C[C@@](CC)(C34)[C@@H](OC(C)=O)[C@]1(O)C(=O)OC)C2. The number of fused-ring (bicyclic) bond motifs is 6. The number of aromatic nitrogens is 1. The third-order valence-electron chi connectivity index (χ3n) is 15.2. The van der Waals surface area contributed by atoms with Gasteiger partial charge in [-0.15, -0.1) is 0 Å². The van der Waals surface area contributed by atoms with Crippen LogP contribution in [0.5, 0.6) is 5.75 Å². The van der Waals surface area contributed by atoms with Gasteiger partial charge < -0.3 is 33.9 Å². The number of benzene rings is 2. The van der Waals surface area contributed by atoms with Crippen LogP contribution < -0.4 is 9.64 Å². The van der Waals surface area contributed by atoms with Crippen molar-refractivity contribution in [1.82, 2.24) is 9.88 Å². The minimum atomic E-state index is -2.25. The number of H-pyrrole nitrogens is 1. The van der Waals surface area contributed by atoms with Gasteiger partial charge in [-0.2, -0.15) is 0 Å². The van der Waals surface area contributed by atoms with Gasteiger partial charge >= 0.3 is 17.9 Å². The standard InChI is InChI=1S/C46H55N3O8/c1-8-27-19-28-22-45(41(51)55-6,38-31(25-49(23-27)24-28)30-14-10-11-15-34(30)47-38)33-20-32-35(21-36(33)54-5)48(4)39-44(32)18-16-29-13-12-17-43(9-2,37(29)44)40(57-26(3)50)46(39,53)42(52)56-7/h10-12,14-15,17,19-21,28-29,37,39-40,47,53H,8-9,13,16,18,22-25H2,1-7H3/t28?,29?,37?,39?,40-,43+,44-,45+,46+/m1/s1. The zero-order chi connectivity index (χ0) is 40.2. The van der Waals surface area contributed by atoms with Gasteiger partial charge in [0.25, 0.3) is 0 Å². The molecule has 0 amide bonds. The summed E-state index contributed by atoms with van der Waals surface area (Å²) in [6.45, 7) is 7.90. The Hall–Kier alpha value is -4.61. The van der Waals surface area contributed by atoms with Crippen molar-refractivity contribution in [1.29, 1.82) is 0 Å². The van der Waals surface area contributed by atoms with Crippen LogP contribution >= 0.6 is 0 Å². The minimum Gasteiger partial charge on any atom is -0.496 e. The lowest BCUT2D eigenvalue weighted by Crippen LogP contribution is -2.78. The summed E-state index contributed by atoms with van der Waals surface area (Å²) in [5.41, 5.74) is 1.35. The van der Waals surface area contributed by atoms with E-state index in [1.165, 1.54) is 26.7 Å². The molecule has 0 saturated heterocycles. The lowest BCUT2D eigenvalue weighted by molar-refractivity contribution is -0.232. The first-order valence-electron chi connectivity index (χ1n) is 20.6. The third kappa shape index (κ3) is 4.81. The fourth-order valence-corrected chi connectivity index (χ4v) is 13.4. The molecule has 3 aromatic rings. The highest BCUT2D eigenvalue weighted by molar-refractivity contribution is 5.95. The summed E-state index contributed by atoms with van der Waals surface area (Å²) in [5.74, 6) is -1.15. The van der Waals surface area contributed by atoms with Gasteiger partial charge in [0.05, 0.1) is 27.4 Å².